The summed E-state index contributed by atoms with van der Waals surface area (Å²) in [6.07, 6.45) is 1.29. The Bertz CT molecular complexity index is 583. The van der Waals surface area contributed by atoms with Crippen LogP contribution in [0.4, 0.5) is 0 Å². The fraction of sp³-hybridized carbons (Fsp3) is 0.500. The molecule has 1 atom stereocenters. The molecule has 1 aliphatic heterocycles. The number of sulfone groups is 1. The zero-order valence-electron chi connectivity index (χ0n) is 11.7. The quantitative estimate of drug-likeness (QED) is 0.783. The molecule has 0 spiro atoms. The van der Waals surface area contributed by atoms with Crippen LogP contribution < -0.4 is 15.8 Å². The third-order valence-corrected chi connectivity index (χ3v) is 5.79. The van der Waals surface area contributed by atoms with Crippen molar-refractivity contribution in [2.45, 2.75) is 24.6 Å². The van der Waals surface area contributed by atoms with Gasteiger partial charge in [-0.1, -0.05) is 12.1 Å². The van der Waals surface area contributed by atoms with Crippen molar-refractivity contribution in [2.75, 3.05) is 18.9 Å². The van der Waals surface area contributed by atoms with E-state index in [4.69, 9.17) is 10.5 Å². The Morgan fingerprint density at radius 1 is 1.33 bits per heavy atom. The Kier molecular flexibility index (Phi) is 5.19. The fourth-order valence-electron chi connectivity index (χ4n) is 2.24. The molecule has 0 aliphatic carbocycles. The molecule has 0 saturated carbocycles. The van der Waals surface area contributed by atoms with Crippen LogP contribution in [0, 0.1) is 0 Å². The lowest BCUT2D eigenvalue weighted by atomic mass is 10.2. The van der Waals surface area contributed by atoms with E-state index in [9.17, 15) is 13.2 Å². The van der Waals surface area contributed by atoms with Gasteiger partial charge in [-0.15, -0.1) is 0 Å². The number of benzene rings is 1. The molecule has 7 heteroatoms. The summed E-state index contributed by atoms with van der Waals surface area (Å²) in [5.41, 5.74) is 6.47. The molecular weight excluding hydrogens is 292 g/mol. The van der Waals surface area contributed by atoms with E-state index in [1.165, 1.54) is 0 Å². The SMILES string of the molecule is NCc1ccc(OCC(=O)NCC2CCCS2(=O)=O)cc1. The number of hydrogen-bond donors (Lipinski definition) is 2. The first-order chi connectivity index (χ1) is 10.0. The number of nitrogens with one attached hydrogen (secondary N) is 1. The van der Waals surface area contributed by atoms with Crippen LogP contribution in [-0.2, 0) is 21.2 Å². The molecule has 0 bridgehead atoms. The van der Waals surface area contributed by atoms with Gasteiger partial charge in [-0.05, 0) is 30.5 Å². The standard InChI is InChI=1S/C14H20N2O4S/c15-8-11-3-5-12(6-4-11)20-10-14(17)16-9-13-2-1-7-21(13,18)19/h3-6,13H,1-2,7-10,15H2,(H,16,17). The number of carbonyl (C=O) groups is 1. The number of nitrogens with two attached hydrogens (primary N) is 1. The Morgan fingerprint density at radius 3 is 2.62 bits per heavy atom. The lowest BCUT2D eigenvalue weighted by Crippen LogP contribution is -2.37. The molecule has 21 heavy (non-hydrogen) atoms. The molecule has 1 heterocycles. The minimum atomic E-state index is -3.02. The third-order valence-electron chi connectivity index (χ3n) is 3.52. The van der Waals surface area contributed by atoms with E-state index in [0.717, 1.165) is 5.56 Å². The summed E-state index contributed by atoms with van der Waals surface area (Å²) < 4.78 is 28.6. The van der Waals surface area contributed by atoms with E-state index in [-0.39, 0.29) is 24.8 Å². The molecule has 0 aromatic heterocycles. The smallest absolute Gasteiger partial charge is 0.257 e. The second-order valence-corrected chi connectivity index (χ2v) is 7.47. The van der Waals surface area contributed by atoms with E-state index in [1.807, 2.05) is 12.1 Å². The van der Waals surface area contributed by atoms with Gasteiger partial charge >= 0.3 is 0 Å². The lowest BCUT2D eigenvalue weighted by molar-refractivity contribution is -0.123. The van der Waals surface area contributed by atoms with Crippen LogP contribution in [0.5, 0.6) is 5.75 Å². The van der Waals surface area contributed by atoms with Gasteiger partial charge in [0.05, 0.1) is 11.0 Å². The number of carbonyl (C=O) groups excluding carboxylic acids is 1. The average Bonchev–Trinajstić information content (AvgIpc) is 2.82. The maximum absolute atomic E-state index is 11.7. The van der Waals surface area contributed by atoms with E-state index in [1.54, 1.807) is 12.1 Å². The van der Waals surface area contributed by atoms with Gasteiger partial charge in [-0.25, -0.2) is 8.42 Å². The number of hydrogen-bond acceptors (Lipinski definition) is 5. The van der Waals surface area contributed by atoms with Gasteiger partial charge in [0.2, 0.25) is 0 Å². The van der Waals surface area contributed by atoms with Crippen LogP contribution >= 0.6 is 0 Å². The van der Waals surface area contributed by atoms with Gasteiger partial charge in [-0.3, -0.25) is 4.79 Å². The Hall–Kier alpha value is -1.60. The van der Waals surface area contributed by atoms with Gasteiger partial charge in [0.15, 0.2) is 16.4 Å². The fourth-order valence-corrected chi connectivity index (χ4v) is 4.00. The van der Waals surface area contributed by atoms with E-state index < -0.39 is 15.1 Å². The van der Waals surface area contributed by atoms with Crippen LogP contribution in [0.15, 0.2) is 24.3 Å². The lowest BCUT2D eigenvalue weighted by Gasteiger charge is -2.11. The Labute approximate surface area is 124 Å². The highest BCUT2D eigenvalue weighted by Gasteiger charge is 2.31. The summed E-state index contributed by atoms with van der Waals surface area (Å²) in [7, 11) is -3.02. The molecule has 0 radical (unpaired) electrons. The van der Waals surface area contributed by atoms with Crippen molar-refractivity contribution in [1.29, 1.82) is 0 Å². The molecule has 1 saturated heterocycles. The van der Waals surface area contributed by atoms with Crippen LogP contribution in [0.3, 0.4) is 0 Å². The Morgan fingerprint density at radius 2 is 2.05 bits per heavy atom. The largest absolute Gasteiger partial charge is 0.484 e. The summed E-state index contributed by atoms with van der Waals surface area (Å²) >= 11 is 0. The van der Waals surface area contributed by atoms with E-state index in [2.05, 4.69) is 5.32 Å². The van der Waals surface area contributed by atoms with Crippen molar-refractivity contribution in [1.82, 2.24) is 5.32 Å². The normalized spacial score (nSPS) is 20.1. The molecule has 1 unspecified atom stereocenters. The molecule has 2 rings (SSSR count). The molecule has 1 aromatic rings. The Balaban J connectivity index is 1.74. The van der Waals surface area contributed by atoms with Gasteiger partial charge in [0, 0.05) is 13.1 Å². The van der Waals surface area contributed by atoms with E-state index in [0.29, 0.717) is 25.1 Å². The molecule has 6 nitrogen and oxygen atoms in total. The van der Waals surface area contributed by atoms with Crippen molar-refractivity contribution in [3.8, 4) is 5.75 Å². The molecule has 3 N–H and O–H groups in total. The first-order valence-electron chi connectivity index (χ1n) is 6.91. The van der Waals surface area contributed by atoms with Crippen molar-refractivity contribution >= 4 is 15.7 Å². The first kappa shape index (κ1) is 15.8. The van der Waals surface area contributed by atoms with Crippen molar-refractivity contribution < 1.29 is 17.9 Å². The maximum Gasteiger partial charge on any atom is 0.257 e. The molecule has 1 amide bonds. The number of amides is 1. The van der Waals surface area contributed by atoms with Gasteiger partial charge in [0.1, 0.15) is 5.75 Å². The highest BCUT2D eigenvalue weighted by atomic mass is 32.2. The summed E-state index contributed by atoms with van der Waals surface area (Å²) in [6.45, 7) is 0.488. The summed E-state index contributed by atoms with van der Waals surface area (Å²) in [6, 6.07) is 7.16. The van der Waals surface area contributed by atoms with Crippen molar-refractivity contribution in [2.24, 2.45) is 5.73 Å². The van der Waals surface area contributed by atoms with Crippen LogP contribution in [0.25, 0.3) is 0 Å². The molecule has 1 aromatic carbocycles. The number of rotatable bonds is 6. The molecule has 1 fully saturated rings. The van der Waals surface area contributed by atoms with Gasteiger partial charge in [-0.2, -0.15) is 0 Å². The minimum Gasteiger partial charge on any atom is -0.484 e. The van der Waals surface area contributed by atoms with Crippen molar-refractivity contribution in [3.05, 3.63) is 29.8 Å². The van der Waals surface area contributed by atoms with Crippen molar-refractivity contribution in [3.63, 3.8) is 0 Å². The summed E-state index contributed by atoms with van der Waals surface area (Å²) in [5, 5.41) is 2.16. The van der Waals surface area contributed by atoms with Gasteiger partial charge in [0.25, 0.3) is 5.91 Å². The monoisotopic (exact) mass is 312 g/mol. The zero-order valence-corrected chi connectivity index (χ0v) is 12.6. The minimum absolute atomic E-state index is 0.130. The average molecular weight is 312 g/mol. The molecule has 1 aliphatic rings. The van der Waals surface area contributed by atoms with E-state index >= 15 is 0 Å². The van der Waals surface area contributed by atoms with Crippen LogP contribution in [0.2, 0.25) is 0 Å². The predicted octanol–water partition coefficient (Wildman–Crippen LogP) is 0.218. The highest BCUT2D eigenvalue weighted by Crippen LogP contribution is 2.19. The summed E-state index contributed by atoms with van der Waals surface area (Å²) in [4.78, 5) is 11.7. The first-order valence-corrected chi connectivity index (χ1v) is 8.63. The predicted molar refractivity (Wildman–Crippen MR) is 79.6 cm³/mol. The van der Waals surface area contributed by atoms with Crippen LogP contribution in [-0.4, -0.2) is 38.5 Å². The van der Waals surface area contributed by atoms with Crippen LogP contribution in [0.1, 0.15) is 18.4 Å². The third kappa shape index (κ3) is 4.44. The van der Waals surface area contributed by atoms with Gasteiger partial charge < -0.3 is 15.8 Å². The summed E-state index contributed by atoms with van der Waals surface area (Å²) in [5.74, 6) is 0.480. The molecule has 116 valence electrons. The number of ether oxygens (including phenoxy) is 1. The second kappa shape index (κ2) is 6.91. The maximum atomic E-state index is 11.7. The highest BCUT2D eigenvalue weighted by molar-refractivity contribution is 7.92. The molecular formula is C14H20N2O4S. The zero-order chi connectivity index (χ0) is 15.3. The topological polar surface area (TPSA) is 98.5 Å². The second-order valence-electron chi connectivity index (χ2n) is 5.07.